The molecule has 6 heteroatoms. The second-order valence-electron chi connectivity index (χ2n) is 4.56. The molecule has 0 bridgehead atoms. The van der Waals surface area contributed by atoms with Gasteiger partial charge in [0.05, 0.1) is 11.7 Å². The monoisotopic (exact) mass is 239 g/mol. The Morgan fingerprint density at radius 2 is 2.29 bits per heavy atom. The minimum Gasteiger partial charge on any atom is -0.381 e. The van der Waals surface area contributed by atoms with E-state index in [4.69, 9.17) is 10.5 Å². The predicted molar refractivity (Wildman–Crippen MR) is 65.8 cm³/mol. The van der Waals surface area contributed by atoms with Crippen molar-refractivity contribution in [2.24, 2.45) is 5.73 Å². The van der Waals surface area contributed by atoms with Crippen LogP contribution in [0.4, 0.5) is 5.82 Å². The van der Waals surface area contributed by atoms with Crippen molar-refractivity contribution in [3.8, 4) is 0 Å². The number of nitrogens with two attached hydrogens (primary N) is 1. The number of rotatable bonds is 5. The first-order valence-corrected chi connectivity index (χ1v) is 6.24. The standard InChI is InChI=1S/C11H21N5O/c1-2-5-16-10(8-13-15-16)14-11(9-12)3-6-17-7-4-11/h8,14H,2-7,9,12H2,1H3. The smallest absolute Gasteiger partial charge is 0.145 e. The fraction of sp³-hybridized carbons (Fsp3) is 0.818. The van der Waals surface area contributed by atoms with Crippen LogP contribution in [0.25, 0.3) is 0 Å². The first kappa shape index (κ1) is 12.3. The third kappa shape index (κ3) is 2.76. The van der Waals surface area contributed by atoms with Gasteiger partial charge in [-0.15, -0.1) is 5.10 Å². The lowest BCUT2D eigenvalue weighted by molar-refractivity contribution is 0.0625. The van der Waals surface area contributed by atoms with E-state index in [1.165, 1.54) is 0 Å². The van der Waals surface area contributed by atoms with E-state index in [2.05, 4.69) is 22.6 Å². The van der Waals surface area contributed by atoms with Gasteiger partial charge in [0, 0.05) is 26.3 Å². The minimum atomic E-state index is -0.0640. The highest BCUT2D eigenvalue weighted by Gasteiger charge is 2.31. The quantitative estimate of drug-likeness (QED) is 0.787. The van der Waals surface area contributed by atoms with E-state index in [1.807, 2.05) is 4.68 Å². The summed E-state index contributed by atoms with van der Waals surface area (Å²) < 4.78 is 7.29. The van der Waals surface area contributed by atoms with Gasteiger partial charge in [0.1, 0.15) is 5.82 Å². The van der Waals surface area contributed by atoms with E-state index in [0.717, 1.165) is 44.8 Å². The largest absolute Gasteiger partial charge is 0.381 e. The van der Waals surface area contributed by atoms with Crippen molar-refractivity contribution in [3.05, 3.63) is 6.20 Å². The Morgan fingerprint density at radius 1 is 1.53 bits per heavy atom. The van der Waals surface area contributed by atoms with Crippen molar-refractivity contribution in [1.82, 2.24) is 15.0 Å². The molecule has 0 amide bonds. The average Bonchev–Trinajstić information content (AvgIpc) is 2.78. The molecule has 0 atom stereocenters. The molecule has 2 rings (SSSR count). The molecule has 1 aromatic rings. The highest BCUT2D eigenvalue weighted by molar-refractivity contribution is 5.36. The molecule has 1 aromatic heterocycles. The summed E-state index contributed by atoms with van der Waals surface area (Å²) in [5.74, 6) is 0.958. The van der Waals surface area contributed by atoms with Crippen LogP contribution in [0.3, 0.4) is 0 Å². The number of aryl methyl sites for hydroxylation is 1. The van der Waals surface area contributed by atoms with Crippen LogP contribution in [0, 0.1) is 0 Å². The van der Waals surface area contributed by atoms with Gasteiger partial charge < -0.3 is 15.8 Å². The van der Waals surface area contributed by atoms with Gasteiger partial charge in [-0.2, -0.15) is 0 Å². The molecular formula is C11H21N5O. The van der Waals surface area contributed by atoms with E-state index in [0.29, 0.717) is 6.54 Å². The second kappa shape index (κ2) is 5.46. The normalized spacial score (nSPS) is 19.2. The van der Waals surface area contributed by atoms with Crippen LogP contribution in [0.1, 0.15) is 26.2 Å². The van der Waals surface area contributed by atoms with E-state index in [1.54, 1.807) is 6.20 Å². The molecule has 0 aliphatic carbocycles. The Morgan fingerprint density at radius 3 is 2.94 bits per heavy atom. The Kier molecular flexibility index (Phi) is 3.96. The van der Waals surface area contributed by atoms with Gasteiger partial charge in [0.2, 0.25) is 0 Å². The maximum Gasteiger partial charge on any atom is 0.145 e. The lowest BCUT2D eigenvalue weighted by Gasteiger charge is -2.37. The van der Waals surface area contributed by atoms with Crippen LogP contribution in [-0.4, -0.2) is 40.3 Å². The van der Waals surface area contributed by atoms with Crippen molar-refractivity contribution < 1.29 is 4.74 Å². The molecule has 96 valence electrons. The van der Waals surface area contributed by atoms with Crippen LogP contribution >= 0.6 is 0 Å². The molecule has 1 saturated heterocycles. The summed E-state index contributed by atoms with van der Waals surface area (Å²) in [5, 5.41) is 11.5. The van der Waals surface area contributed by atoms with Crippen molar-refractivity contribution in [2.75, 3.05) is 25.1 Å². The fourth-order valence-corrected chi connectivity index (χ4v) is 2.15. The second-order valence-corrected chi connectivity index (χ2v) is 4.56. The number of nitrogens with one attached hydrogen (secondary N) is 1. The fourth-order valence-electron chi connectivity index (χ4n) is 2.15. The molecule has 0 saturated carbocycles. The van der Waals surface area contributed by atoms with Gasteiger partial charge in [-0.05, 0) is 19.3 Å². The van der Waals surface area contributed by atoms with Gasteiger partial charge >= 0.3 is 0 Å². The summed E-state index contributed by atoms with van der Waals surface area (Å²) in [5.41, 5.74) is 5.85. The number of aromatic nitrogens is 3. The molecule has 1 aliphatic rings. The molecule has 17 heavy (non-hydrogen) atoms. The van der Waals surface area contributed by atoms with Gasteiger partial charge in [-0.25, -0.2) is 4.68 Å². The zero-order chi connectivity index (χ0) is 12.1. The molecule has 0 spiro atoms. The number of nitrogens with zero attached hydrogens (tertiary/aromatic N) is 3. The summed E-state index contributed by atoms with van der Waals surface area (Å²) in [4.78, 5) is 0. The van der Waals surface area contributed by atoms with Gasteiger partial charge in [-0.1, -0.05) is 12.1 Å². The molecule has 0 aromatic carbocycles. The van der Waals surface area contributed by atoms with Crippen LogP contribution in [0.2, 0.25) is 0 Å². The first-order chi connectivity index (χ1) is 8.29. The van der Waals surface area contributed by atoms with Crippen molar-refractivity contribution in [1.29, 1.82) is 0 Å². The van der Waals surface area contributed by atoms with Crippen molar-refractivity contribution in [3.63, 3.8) is 0 Å². The van der Waals surface area contributed by atoms with Gasteiger partial charge in [0.25, 0.3) is 0 Å². The summed E-state index contributed by atoms with van der Waals surface area (Å²) in [6.45, 7) is 5.13. The van der Waals surface area contributed by atoms with Gasteiger partial charge in [-0.3, -0.25) is 0 Å². The van der Waals surface area contributed by atoms with Crippen LogP contribution in [0.15, 0.2) is 6.20 Å². The van der Waals surface area contributed by atoms with Crippen molar-refractivity contribution >= 4 is 5.82 Å². The highest BCUT2D eigenvalue weighted by Crippen LogP contribution is 2.24. The Balaban J connectivity index is 2.09. The molecular weight excluding hydrogens is 218 g/mol. The van der Waals surface area contributed by atoms with E-state index >= 15 is 0 Å². The summed E-state index contributed by atoms with van der Waals surface area (Å²) in [6.07, 6.45) is 4.67. The molecule has 0 radical (unpaired) electrons. The van der Waals surface area contributed by atoms with E-state index < -0.39 is 0 Å². The predicted octanol–water partition coefficient (Wildman–Crippen LogP) is 0.608. The van der Waals surface area contributed by atoms with E-state index in [-0.39, 0.29) is 5.54 Å². The summed E-state index contributed by atoms with van der Waals surface area (Å²) in [7, 11) is 0. The SMILES string of the molecule is CCCn1nncc1NC1(CN)CCOCC1. The molecule has 0 unspecified atom stereocenters. The first-order valence-electron chi connectivity index (χ1n) is 6.24. The van der Waals surface area contributed by atoms with E-state index in [9.17, 15) is 0 Å². The third-order valence-corrected chi connectivity index (χ3v) is 3.29. The van der Waals surface area contributed by atoms with Crippen LogP contribution in [-0.2, 0) is 11.3 Å². The number of hydrogen-bond acceptors (Lipinski definition) is 5. The Hall–Kier alpha value is -1.14. The molecule has 3 N–H and O–H groups in total. The third-order valence-electron chi connectivity index (χ3n) is 3.29. The lowest BCUT2D eigenvalue weighted by atomic mass is 9.90. The topological polar surface area (TPSA) is 78.0 Å². The Labute approximate surface area is 102 Å². The number of ether oxygens (including phenoxy) is 1. The summed E-state index contributed by atoms with van der Waals surface area (Å²) in [6, 6.07) is 0. The molecule has 1 aliphatic heterocycles. The molecule has 1 fully saturated rings. The zero-order valence-electron chi connectivity index (χ0n) is 10.4. The highest BCUT2D eigenvalue weighted by atomic mass is 16.5. The summed E-state index contributed by atoms with van der Waals surface area (Å²) >= 11 is 0. The van der Waals surface area contributed by atoms with Crippen molar-refractivity contribution in [2.45, 2.75) is 38.3 Å². The molecule has 6 nitrogen and oxygen atoms in total. The Bertz CT molecular complexity index is 345. The number of hydrogen-bond donors (Lipinski definition) is 2. The molecule has 2 heterocycles. The van der Waals surface area contributed by atoms with Gasteiger partial charge in [0.15, 0.2) is 0 Å². The minimum absolute atomic E-state index is 0.0640. The lowest BCUT2D eigenvalue weighted by Crippen LogP contribution is -2.50. The maximum atomic E-state index is 5.91. The van der Waals surface area contributed by atoms with Crippen LogP contribution < -0.4 is 11.1 Å². The average molecular weight is 239 g/mol. The zero-order valence-corrected chi connectivity index (χ0v) is 10.4. The van der Waals surface area contributed by atoms with Crippen LogP contribution in [0.5, 0.6) is 0 Å². The maximum absolute atomic E-state index is 5.91. The number of anilines is 1.